The zero-order valence-corrected chi connectivity index (χ0v) is 10.5. The predicted octanol–water partition coefficient (Wildman–Crippen LogP) is 1.43. The lowest BCUT2D eigenvalue weighted by atomic mass is 10.2. The molecule has 17 heavy (non-hydrogen) atoms. The summed E-state index contributed by atoms with van der Waals surface area (Å²) in [6.07, 6.45) is 0. The molecule has 0 atom stereocenters. The molecule has 0 aliphatic rings. The van der Waals surface area contributed by atoms with Gasteiger partial charge in [0.2, 0.25) is 10.0 Å². The summed E-state index contributed by atoms with van der Waals surface area (Å²) in [6, 6.07) is 1.51. The third-order valence-corrected chi connectivity index (χ3v) is 4.19. The number of benzene rings is 1. The molecular weight excluding hydrogens is 273 g/mol. The van der Waals surface area contributed by atoms with E-state index in [-0.39, 0.29) is 0 Å². The average molecular weight is 282 g/mol. The molecule has 0 saturated heterocycles. The SMILES string of the molecule is CN(C)S(=O)(=O)c1cc(F)c(Cl)c(C(=O)O)c1. The van der Waals surface area contributed by atoms with Gasteiger partial charge in [0.1, 0.15) is 5.82 Å². The summed E-state index contributed by atoms with van der Waals surface area (Å²) in [7, 11) is -1.40. The summed E-state index contributed by atoms with van der Waals surface area (Å²) < 4.78 is 37.6. The first-order chi connectivity index (χ1) is 7.67. The van der Waals surface area contributed by atoms with Crippen molar-refractivity contribution >= 4 is 27.6 Å². The Morgan fingerprint density at radius 1 is 1.41 bits per heavy atom. The number of carboxylic acids is 1. The van der Waals surface area contributed by atoms with E-state index in [0.717, 1.165) is 10.4 Å². The van der Waals surface area contributed by atoms with Crippen molar-refractivity contribution in [3.8, 4) is 0 Å². The molecule has 1 N–H and O–H groups in total. The van der Waals surface area contributed by atoms with Crippen molar-refractivity contribution < 1.29 is 22.7 Å². The first-order valence-corrected chi connectivity index (χ1v) is 6.14. The summed E-state index contributed by atoms with van der Waals surface area (Å²) in [5, 5.41) is 8.14. The summed E-state index contributed by atoms with van der Waals surface area (Å²) in [6.45, 7) is 0. The van der Waals surface area contributed by atoms with E-state index in [4.69, 9.17) is 16.7 Å². The van der Waals surface area contributed by atoms with Crippen molar-refractivity contribution in [1.29, 1.82) is 0 Å². The zero-order valence-electron chi connectivity index (χ0n) is 8.94. The molecule has 0 spiro atoms. The van der Waals surface area contributed by atoms with Gasteiger partial charge in [-0.05, 0) is 12.1 Å². The molecule has 0 unspecified atom stereocenters. The number of carbonyl (C=O) groups is 1. The summed E-state index contributed by atoms with van der Waals surface area (Å²) in [5.74, 6) is -2.59. The lowest BCUT2D eigenvalue weighted by molar-refractivity contribution is 0.0696. The van der Waals surface area contributed by atoms with Gasteiger partial charge in [0.25, 0.3) is 0 Å². The van der Waals surface area contributed by atoms with Crippen LogP contribution in [0.25, 0.3) is 0 Å². The minimum Gasteiger partial charge on any atom is -0.478 e. The van der Waals surface area contributed by atoms with Gasteiger partial charge in [0, 0.05) is 14.1 Å². The third-order valence-electron chi connectivity index (χ3n) is 2.01. The smallest absolute Gasteiger partial charge is 0.337 e. The minimum atomic E-state index is -3.90. The maximum absolute atomic E-state index is 13.3. The molecule has 94 valence electrons. The van der Waals surface area contributed by atoms with Crippen LogP contribution in [-0.2, 0) is 10.0 Å². The maximum Gasteiger partial charge on any atom is 0.337 e. The topological polar surface area (TPSA) is 74.7 Å². The normalized spacial score (nSPS) is 11.8. The molecule has 0 bridgehead atoms. The van der Waals surface area contributed by atoms with E-state index in [1.807, 2.05) is 0 Å². The molecule has 0 radical (unpaired) electrons. The Morgan fingerprint density at radius 2 is 1.94 bits per heavy atom. The quantitative estimate of drug-likeness (QED) is 0.909. The van der Waals surface area contributed by atoms with Crippen molar-refractivity contribution in [3.05, 3.63) is 28.5 Å². The van der Waals surface area contributed by atoms with E-state index in [9.17, 15) is 17.6 Å². The van der Waals surface area contributed by atoms with Gasteiger partial charge in [0.15, 0.2) is 0 Å². The summed E-state index contributed by atoms with van der Waals surface area (Å²) >= 11 is 5.43. The van der Waals surface area contributed by atoms with Crippen LogP contribution >= 0.6 is 11.6 Å². The Labute approximate surface area is 102 Å². The highest BCUT2D eigenvalue weighted by Gasteiger charge is 2.23. The first-order valence-electron chi connectivity index (χ1n) is 4.32. The van der Waals surface area contributed by atoms with Gasteiger partial charge in [-0.2, -0.15) is 0 Å². The second kappa shape index (κ2) is 4.59. The fourth-order valence-electron chi connectivity index (χ4n) is 1.08. The number of halogens is 2. The molecule has 5 nitrogen and oxygen atoms in total. The van der Waals surface area contributed by atoms with Gasteiger partial charge >= 0.3 is 5.97 Å². The molecule has 0 fully saturated rings. The van der Waals surface area contributed by atoms with Gasteiger partial charge in [-0.3, -0.25) is 0 Å². The van der Waals surface area contributed by atoms with Crippen LogP contribution in [0.1, 0.15) is 10.4 Å². The molecule has 0 amide bonds. The van der Waals surface area contributed by atoms with Gasteiger partial charge in [-0.1, -0.05) is 11.6 Å². The Hall–Kier alpha value is -1.18. The molecule has 0 aromatic heterocycles. The molecule has 0 aliphatic carbocycles. The minimum absolute atomic E-state index is 0.457. The van der Waals surface area contributed by atoms with E-state index in [2.05, 4.69) is 0 Å². The Kier molecular flexibility index (Phi) is 3.75. The van der Waals surface area contributed by atoms with Crippen molar-refractivity contribution in [2.24, 2.45) is 0 Å². The zero-order chi connectivity index (χ0) is 13.4. The lowest BCUT2D eigenvalue weighted by Gasteiger charge is -2.12. The van der Waals surface area contributed by atoms with Crippen molar-refractivity contribution in [1.82, 2.24) is 4.31 Å². The summed E-state index contributed by atoms with van der Waals surface area (Å²) in [5.41, 5.74) is -0.591. The standard InChI is InChI=1S/C9H9ClFNO4S/c1-12(2)17(15,16)5-3-6(9(13)14)8(10)7(11)4-5/h3-4H,1-2H3,(H,13,14). The number of carboxylic acid groups (broad SMARTS) is 1. The van der Waals surface area contributed by atoms with Crippen LogP contribution < -0.4 is 0 Å². The second-order valence-corrected chi connectivity index (χ2v) is 5.89. The third kappa shape index (κ3) is 2.56. The number of hydrogen-bond acceptors (Lipinski definition) is 3. The highest BCUT2D eigenvalue weighted by Crippen LogP contribution is 2.25. The lowest BCUT2D eigenvalue weighted by Crippen LogP contribution is -2.22. The van der Waals surface area contributed by atoms with Crippen LogP contribution in [0.2, 0.25) is 5.02 Å². The van der Waals surface area contributed by atoms with E-state index < -0.39 is 37.3 Å². The highest BCUT2D eigenvalue weighted by molar-refractivity contribution is 7.89. The molecule has 1 aromatic rings. The molecule has 0 heterocycles. The predicted molar refractivity (Wildman–Crippen MR) is 59.2 cm³/mol. The second-order valence-electron chi connectivity index (χ2n) is 3.36. The number of sulfonamides is 1. The van der Waals surface area contributed by atoms with E-state index >= 15 is 0 Å². The largest absolute Gasteiger partial charge is 0.478 e. The van der Waals surface area contributed by atoms with Gasteiger partial charge in [-0.15, -0.1) is 0 Å². The first kappa shape index (κ1) is 13.9. The molecule has 0 aliphatic heterocycles. The number of nitrogens with zero attached hydrogens (tertiary/aromatic N) is 1. The average Bonchev–Trinajstić information content (AvgIpc) is 2.20. The number of aromatic carboxylic acids is 1. The molecule has 1 rings (SSSR count). The van der Waals surface area contributed by atoms with E-state index in [0.29, 0.717) is 6.07 Å². The van der Waals surface area contributed by atoms with Crippen LogP contribution in [0.3, 0.4) is 0 Å². The molecular formula is C9H9ClFNO4S. The molecule has 1 aromatic carbocycles. The van der Waals surface area contributed by atoms with Crippen LogP contribution in [0.4, 0.5) is 4.39 Å². The van der Waals surface area contributed by atoms with E-state index in [1.165, 1.54) is 14.1 Å². The summed E-state index contributed by atoms with van der Waals surface area (Å²) in [4.78, 5) is 10.3. The molecule has 0 saturated carbocycles. The van der Waals surface area contributed by atoms with E-state index in [1.54, 1.807) is 0 Å². The fourth-order valence-corrected chi connectivity index (χ4v) is 2.21. The van der Waals surface area contributed by atoms with Gasteiger partial charge in [-0.25, -0.2) is 21.9 Å². The monoisotopic (exact) mass is 281 g/mol. The van der Waals surface area contributed by atoms with Gasteiger partial charge < -0.3 is 5.11 Å². The van der Waals surface area contributed by atoms with Crippen LogP contribution in [-0.4, -0.2) is 37.9 Å². The number of rotatable bonds is 3. The Balaban J connectivity index is 3.55. The maximum atomic E-state index is 13.3. The van der Waals surface area contributed by atoms with Crippen molar-refractivity contribution in [3.63, 3.8) is 0 Å². The van der Waals surface area contributed by atoms with Gasteiger partial charge in [0.05, 0.1) is 15.5 Å². The van der Waals surface area contributed by atoms with Crippen LogP contribution in [0.5, 0.6) is 0 Å². The molecule has 8 heteroatoms. The number of hydrogen-bond donors (Lipinski definition) is 1. The Bertz CT molecular complexity index is 571. The van der Waals surface area contributed by atoms with Crippen LogP contribution in [0.15, 0.2) is 17.0 Å². The fraction of sp³-hybridized carbons (Fsp3) is 0.222. The van der Waals surface area contributed by atoms with Crippen molar-refractivity contribution in [2.45, 2.75) is 4.90 Å². The van der Waals surface area contributed by atoms with Crippen molar-refractivity contribution in [2.75, 3.05) is 14.1 Å². The highest BCUT2D eigenvalue weighted by atomic mass is 35.5. The van der Waals surface area contributed by atoms with Crippen LogP contribution in [0, 0.1) is 5.82 Å². The Morgan fingerprint density at radius 3 is 2.35 bits per heavy atom.